The molecule has 0 amide bonds. The van der Waals surface area contributed by atoms with Crippen LogP contribution in [0, 0.1) is 0 Å². The number of furan rings is 1. The average molecular weight is 312 g/mol. The van der Waals surface area contributed by atoms with Crippen LogP contribution in [0.1, 0.15) is 12.7 Å². The Labute approximate surface area is 112 Å². The fraction of sp³-hybridized carbons (Fsp3) is 0.0909. The van der Waals surface area contributed by atoms with Gasteiger partial charge in [0.05, 0.1) is 0 Å². The van der Waals surface area contributed by atoms with Gasteiger partial charge in [0, 0.05) is 9.86 Å². The maximum absolute atomic E-state index is 5.64. The molecule has 1 aromatic carbocycles. The number of benzene rings is 1. The molecule has 0 bridgehead atoms. The molecule has 0 spiro atoms. The Kier molecular flexibility index (Phi) is 3.44. The molecule has 1 aromatic heterocycles. The van der Waals surface area contributed by atoms with Gasteiger partial charge in [0.15, 0.2) is 10.9 Å². The molecule has 0 fully saturated rings. The second-order valence-corrected chi connectivity index (χ2v) is 4.82. The summed E-state index contributed by atoms with van der Waals surface area (Å²) < 4.78 is 6.65. The standard InChI is InChI=1S/C11H10BrN3OS/c1-6(14-15-11(13)17)10-5-7-4-8(12)2-3-9(7)16-10/h2-5H,1H3,(H3,13,15,17)/b14-6-. The van der Waals surface area contributed by atoms with Gasteiger partial charge >= 0.3 is 0 Å². The van der Waals surface area contributed by atoms with E-state index in [4.69, 9.17) is 10.2 Å². The van der Waals surface area contributed by atoms with Gasteiger partial charge in [-0.05, 0) is 43.4 Å². The summed E-state index contributed by atoms with van der Waals surface area (Å²) in [6.07, 6.45) is 0. The Balaban J connectivity index is 2.36. The first kappa shape index (κ1) is 12.1. The van der Waals surface area contributed by atoms with E-state index in [2.05, 4.69) is 38.7 Å². The monoisotopic (exact) mass is 311 g/mol. The third kappa shape index (κ3) is 2.83. The third-order valence-corrected chi connectivity index (χ3v) is 2.75. The molecule has 3 N–H and O–H groups in total. The lowest BCUT2D eigenvalue weighted by Gasteiger charge is -1.97. The van der Waals surface area contributed by atoms with E-state index in [0.717, 1.165) is 15.4 Å². The van der Waals surface area contributed by atoms with Crippen LogP contribution in [0.3, 0.4) is 0 Å². The first-order valence-corrected chi connectivity index (χ1v) is 6.05. The van der Waals surface area contributed by atoms with E-state index in [1.807, 2.05) is 31.2 Å². The number of hydrogen-bond donors (Lipinski definition) is 2. The summed E-state index contributed by atoms with van der Waals surface area (Å²) >= 11 is 8.08. The zero-order valence-electron chi connectivity index (χ0n) is 9.03. The van der Waals surface area contributed by atoms with Crippen LogP contribution in [0.5, 0.6) is 0 Å². The van der Waals surface area contributed by atoms with Crippen LogP contribution in [0.4, 0.5) is 0 Å². The predicted molar refractivity (Wildman–Crippen MR) is 76.0 cm³/mol. The molecule has 4 nitrogen and oxygen atoms in total. The normalized spacial score (nSPS) is 11.8. The lowest BCUT2D eigenvalue weighted by atomic mass is 10.2. The molecule has 0 saturated heterocycles. The van der Waals surface area contributed by atoms with Gasteiger partial charge in [-0.1, -0.05) is 15.9 Å². The van der Waals surface area contributed by atoms with Crippen molar-refractivity contribution in [2.45, 2.75) is 6.92 Å². The van der Waals surface area contributed by atoms with Gasteiger partial charge < -0.3 is 10.2 Å². The number of hydrogen-bond acceptors (Lipinski definition) is 3. The van der Waals surface area contributed by atoms with E-state index in [-0.39, 0.29) is 5.11 Å². The highest BCUT2D eigenvalue weighted by Gasteiger charge is 2.06. The molecular weight excluding hydrogens is 302 g/mol. The number of hydrazone groups is 1. The predicted octanol–water partition coefficient (Wildman–Crippen LogP) is 2.75. The van der Waals surface area contributed by atoms with E-state index in [0.29, 0.717) is 11.5 Å². The smallest absolute Gasteiger partial charge is 0.184 e. The van der Waals surface area contributed by atoms with Crippen molar-refractivity contribution in [3.05, 3.63) is 34.5 Å². The summed E-state index contributed by atoms with van der Waals surface area (Å²) in [5, 5.41) is 5.15. The van der Waals surface area contributed by atoms with Crippen LogP contribution in [0.15, 0.2) is 38.3 Å². The Morgan fingerprint density at radius 1 is 1.47 bits per heavy atom. The van der Waals surface area contributed by atoms with Crippen molar-refractivity contribution in [1.29, 1.82) is 0 Å². The van der Waals surface area contributed by atoms with Crippen LogP contribution in [0.25, 0.3) is 11.0 Å². The topological polar surface area (TPSA) is 63.5 Å². The summed E-state index contributed by atoms with van der Waals surface area (Å²) in [5.74, 6) is 0.682. The van der Waals surface area contributed by atoms with E-state index in [9.17, 15) is 0 Å². The van der Waals surface area contributed by atoms with Gasteiger partial charge in [-0.15, -0.1) is 0 Å². The lowest BCUT2D eigenvalue weighted by Crippen LogP contribution is -2.25. The van der Waals surface area contributed by atoms with Crippen LogP contribution in [0.2, 0.25) is 0 Å². The van der Waals surface area contributed by atoms with Crippen LogP contribution in [-0.2, 0) is 0 Å². The van der Waals surface area contributed by atoms with Crippen molar-refractivity contribution in [2.24, 2.45) is 10.8 Å². The van der Waals surface area contributed by atoms with Crippen molar-refractivity contribution in [3.8, 4) is 0 Å². The minimum Gasteiger partial charge on any atom is -0.455 e. The van der Waals surface area contributed by atoms with Crippen molar-refractivity contribution in [2.75, 3.05) is 0 Å². The molecule has 2 aromatic rings. The highest BCUT2D eigenvalue weighted by atomic mass is 79.9. The van der Waals surface area contributed by atoms with E-state index in [1.165, 1.54) is 0 Å². The second kappa shape index (κ2) is 4.85. The molecule has 0 radical (unpaired) electrons. The molecule has 0 saturated carbocycles. The summed E-state index contributed by atoms with van der Waals surface area (Å²) in [6, 6.07) is 7.73. The highest BCUT2D eigenvalue weighted by Crippen LogP contribution is 2.23. The lowest BCUT2D eigenvalue weighted by molar-refractivity contribution is 0.603. The molecule has 2 rings (SSSR count). The fourth-order valence-corrected chi connectivity index (χ4v) is 1.81. The minimum atomic E-state index is 0.128. The molecule has 0 unspecified atom stereocenters. The molecule has 6 heteroatoms. The summed E-state index contributed by atoms with van der Waals surface area (Å²) in [4.78, 5) is 0. The van der Waals surface area contributed by atoms with Gasteiger partial charge in [0.1, 0.15) is 11.3 Å². The van der Waals surface area contributed by atoms with Gasteiger partial charge in [0.25, 0.3) is 0 Å². The van der Waals surface area contributed by atoms with E-state index < -0.39 is 0 Å². The molecule has 17 heavy (non-hydrogen) atoms. The largest absolute Gasteiger partial charge is 0.455 e. The second-order valence-electron chi connectivity index (χ2n) is 3.47. The first-order chi connectivity index (χ1) is 8.06. The quantitative estimate of drug-likeness (QED) is 0.508. The summed E-state index contributed by atoms with van der Waals surface area (Å²) in [7, 11) is 0. The number of fused-ring (bicyclic) bond motifs is 1. The van der Waals surface area contributed by atoms with E-state index in [1.54, 1.807) is 0 Å². The number of nitrogens with one attached hydrogen (secondary N) is 1. The van der Waals surface area contributed by atoms with Crippen LogP contribution >= 0.6 is 28.1 Å². The molecule has 1 heterocycles. The number of nitrogens with two attached hydrogens (primary N) is 1. The molecule has 0 aliphatic rings. The maximum atomic E-state index is 5.64. The molecule has 88 valence electrons. The van der Waals surface area contributed by atoms with Gasteiger partial charge in [-0.2, -0.15) is 5.10 Å². The summed E-state index contributed by atoms with van der Waals surface area (Å²) in [6.45, 7) is 1.82. The van der Waals surface area contributed by atoms with Crippen molar-refractivity contribution in [1.82, 2.24) is 5.43 Å². The number of rotatable bonds is 2. The van der Waals surface area contributed by atoms with Gasteiger partial charge in [-0.25, -0.2) is 0 Å². The number of thiocarbonyl (C=S) groups is 1. The average Bonchev–Trinajstić information content (AvgIpc) is 2.68. The van der Waals surface area contributed by atoms with Crippen molar-refractivity contribution < 1.29 is 4.42 Å². The van der Waals surface area contributed by atoms with Crippen molar-refractivity contribution >= 4 is 49.9 Å². The van der Waals surface area contributed by atoms with Gasteiger partial charge in [-0.3, -0.25) is 5.43 Å². The molecule has 0 aliphatic heterocycles. The highest BCUT2D eigenvalue weighted by molar-refractivity contribution is 9.10. The Bertz CT molecular complexity index is 606. The Morgan fingerprint density at radius 2 is 2.24 bits per heavy atom. The number of halogens is 1. The number of nitrogens with zero attached hydrogens (tertiary/aromatic N) is 1. The summed E-state index contributed by atoms with van der Waals surface area (Å²) in [5.41, 5.74) is 9.32. The molecule has 0 aliphatic carbocycles. The Hall–Kier alpha value is -1.40. The fourth-order valence-electron chi connectivity index (χ4n) is 1.39. The van der Waals surface area contributed by atoms with Crippen molar-refractivity contribution in [3.63, 3.8) is 0 Å². The zero-order valence-corrected chi connectivity index (χ0v) is 11.4. The Morgan fingerprint density at radius 3 is 2.94 bits per heavy atom. The molecule has 0 atom stereocenters. The SMILES string of the molecule is C/C(=N/NC(N)=S)c1cc2cc(Br)ccc2o1. The maximum Gasteiger partial charge on any atom is 0.184 e. The van der Waals surface area contributed by atoms with Crippen LogP contribution in [-0.4, -0.2) is 10.8 Å². The third-order valence-electron chi connectivity index (χ3n) is 2.17. The first-order valence-electron chi connectivity index (χ1n) is 4.85. The van der Waals surface area contributed by atoms with Gasteiger partial charge in [0.2, 0.25) is 0 Å². The van der Waals surface area contributed by atoms with E-state index >= 15 is 0 Å². The van der Waals surface area contributed by atoms with Crippen LogP contribution < -0.4 is 11.2 Å². The minimum absolute atomic E-state index is 0.128. The molecular formula is C11H10BrN3OS. The zero-order chi connectivity index (χ0) is 12.4.